The van der Waals surface area contributed by atoms with E-state index in [9.17, 15) is 9.18 Å². The lowest BCUT2D eigenvalue weighted by atomic mass is 10.3. The second-order valence-electron chi connectivity index (χ2n) is 2.75. The molecule has 0 bridgehead atoms. The lowest BCUT2D eigenvalue weighted by Crippen LogP contribution is -2.16. The van der Waals surface area contributed by atoms with E-state index >= 15 is 0 Å². The van der Waals surface area contributed by atoms with Crippen molar-refractivity contribution in [2.45, 2.75) is 6.67 Å². The molecule has 4 nitrogen and oxygen atoms in total. The quantitative estimate of drug-likeness (QED) is 0.774. The molecule has 1 heterocycles. The maximum absolute atomic E-state index is 12.4. The van der Waals surface area contributed by atoms with Gasteiger partial charge in [-0.3, -0.25) is 0 Å². The van der Waals surface area contributed by atoms with Crippen molar-refractivity contribution in [2.24, 2.45) is 0 Å². The topological polar surface area (TPSA) is 50.7 Å². The highest BCUT2D eigenvalue weighted by Gasteiger charge is 2.08. The van der Waals surface area contributed by atoms with Crippen LogP contribution in [0.1, 0.15) is 5.82 Å². The van der Waals surface area contributed by atoms with Crippen molar-refractivity contribution in [2.75, 3.05) is 0 Å². The van der Waals surface area contributed by atoms with Gasteiger partial charge < -0.3 is 0 Å². The minimum atomic E-state index is -0.770. The van der Waals surface area contributed by atoms with Crippen LogP contribution in [-0.2, 0) is 6.67 Å². The number of halogens is 1. The molecule has 0 saturated carbocycles. The summed E-state index contributed by atoms with van der Waals surface area (Å²) in [5.74, 6) is 0.0844. The summed E-state index contributed by atoms with van der Waals surface area (Å²) < 4.78 is 13.7. The lowest BCUT2D eigenvalue weighted by Gasteiger charge is -2.01. The molecule has 0 saturated heterocycles. The van der Waals surface area contributed by atoms with Crippen LogP contribution in [0.25, 0.3) is 5.69 Å². The normalized spacial score (nSPS) is 10.4. The zero-order valence-electron chi connectivity index (χ0n) is 7.27. The van der Waals surface area contributed by atoms with E-state index in [1.165, 1.54) is 4.57 Å². The number of rotatable bonds is 2. The second kappa shape index (κ2) is 3.45. The van der Waals surface area contributed by atoms with Crippen molar-refractivity contribution in [1.82, 2.24) is 14.8 Å². The first-order valence-electron chi connectivity index (χ1n) is 4.10. The highest BCUT2D eigenvalue weighted by molar-refractivity contribution is 5.31. The largest absolute Gasteiger partial charge is 0.348 e. The summed E-state index contributed by atoms with van der Waals surface area (Å²) in [5.41, 5.74) is 0.183. The molecule has 0 aliphatic carbocycles. The van der Waals surface area contributed by atoms with Gasteiger partial charge in [0.05, 0.1) is 5.69 Å². The predicted octanol–water partition coefficient (Wildman–Crippen LogP) is 1.03. The Hall–Kier alpha value is -1.91. The first kappa shape index (κ1) is 8.68. The van der Waals surface area contributed by atoms with Crippen LogP contribution in [0.5, 0.6) is 0 Å². The van der Waals surface area contributed by atoms with E-state index < -0.39 is 12.4 Å². The number of hydrogen-bond acceptors (Lipinski definition) is 2. The van der Waals surface area contributed by atoms with E-state index in [0.717, 1.165) is 0 Å². The summed E-state index contributed by atoms with van der Waals surface area (Å²) in [6.07, 6.45) is 0. The van der Waals surface area contributed by atoms with Crippen LogP contribution in [0.2, 0.25) is 0 Å². The monoisotopic (exact) mass is 193 g/mol. The van der Waals surface area contributed by atoms with E-state index in [1.807, 2.05) is 6.07 Å². The number of para-hydroxylation sites is 1. The Kier molecular flexibility index (Phi) is 2.14. The number of aromatic amines is 1. The van der Waals surface area contributed by atoms with Gasteiger partial charge in [-0.05, 0) is 12.1 Å². The van der Waals surface area contributed by atoms with Crippen molar-refractivity contribution in [3.63, 3.8) is 0 Å². The van der Waals surface area contributed by atoms with E-state index in [2.05, 4.69) is 10.2 Å². The second-order valence-corrected chi connectivity index (χ2v) is 2.75. The standard InChI is InChI=1S/C9H8FN3O/c10-6-8-11-12-9(14)13(8)7-4-2-1-3-5-7/h1-5H,6H2,(H,12,14). The minimum Gasteiger partial charge on any atom is -0.246 e. The van der Waals surface area contributed by atoms with Crippen molar-refractivity contribution >= 4 is 0 Å². The van der Waals surface area contributed by atoms with Crippen LogP contribution in [0.3, 0.4) is 0 Å². The summed E-state index contributed by atoms with van der Waals surface area (Å²) in [7, 11) is 0. The van der Waals surface area contributed by atoms with E-state index in [-0.39, 0.29) is 5.82 Å². The van der Waals surface area contributed by atoms with Gasteiger partial charge in [0.1, 0.15) is 6.67 Å². The molecule has 1 aromatic heterocycles. The summed E-state index contributed by atoms with van der Waals surface area (Å²) in [5, 5.41) is 5.77. The Labute approximate surface area is 79.0 Å². The molecule has 0 unspecified atom stereocenters. The molecule has 1 aromatic carbocycles. The molecule has 5 heteroatoms. The molecule has 14 heavy (non-hydrogen) atoms. The summed E-state index contributed by atoms with van der Waals surface area (Å²) in [6, 6.07) is 8.81. The summed E-state index contributed by atoms with van der Waals surface area (Å²) in [6.45, 7) is -0.770. The molecule has 1 N–H and O–H groups in total. The average molecular weight is 193 g/mol. The van der Waals surface area contributed by atoms with Crippen molar-refractivity contribution in [3.05, 3.63) is 46.6 Å². The number of nitrogens with one attached hydrogen (secondary N) is 1. The molecule has 0 fully saturated rings. The molecule has 0 atom stereocenters. The lowest BCUT2D eigenvalue weighted by molar-refractivity contribution is 0.459. The summed E-state index contributed by atoms with van der Waals surface area (Å²) >= 11 is 0. The summed E-state index contributed by atoms with van der Waals surface area (Å²) in [4.78, 5) is 11.3. The van der Waals surface area contributed by atoms with Crippen LogP contribution in [0.15, 0.2) is 35.1 Å². The molecule has 0 amide bonds. The first-order chi connectivity index (χ1) is 6.83. The van der Waals surface area contributed by atoms with Gasteiger partial charge in [-0.1, -0.05) is 18.2 Å². The van der Waals surface area contributed by atoms with Gasteiger partial charge in [-0.25, -0.2) is 18.9 Å². The Bertz CT molecular complexity index is 474. The predicted molar refractivity (Wildman–Crippen MR) is 49.0 cm³/mol. The molecular formula is C9H8FN3O. The molecule has 0 aliphatic heterocycles. The Morgan fingerprint density at radius 2 is 2.07 bits per heavy atom. The number of benzene rings is 1. The Balaban J connectivity index is 2.61. The Morgan fingerprint density at radius 3 is 2.71 bits per heavy atom. The SMILES string of the molecule is O=c1[nH]nc(CF)n1-c1ccccc1. The number of nitrogens with zero attached hydrogens (tertiary/aromatic N) is 2. The van der Waals surface area contributed by atoms with Crippen LogP contribution >= 0.6 is 0 Å². The fourth-order valence-corrected chi connectivity index (χ4v) is 1.26. The molecule has 2 aromatic rings. The maximum Gasteiger partial charge on any atom is 0.348 e. The van der Waals surface area contributed by atoms with Gasteiger partial charge in [0.15, 0.2) is 5.82 Å². The molecular weight excluding hydrogens is 185 g/mol. The van der Waals surface area contributed by atoms with Crippen LogP contribution in [0.4, 0.5) is 4.39 Å². The van der Waals surface area contributed by atoms with Gasteiger partial charge >= 0.3 is 5.69 Å². The van der Waals surface area contributed by atoms with Crippen molar-refractivity contribution in [3.8, 4) is 5.69 Å². The molecule has 0 spiro atoms. The Morgan fingerprint density at radius 1 is 1.36 bits per heavy atom. The third-order valence-corrected chi connectivity index (χ3v) is 1.88. The number of aromatic nitrogens is 3. The van der Waals surface area contributed by atoms with Gasteiger partial charge in [0.2, 0.25) is 0 Å². The van der Waals surface area contributed by atoms with E-state index in [1.54, 1.807) is 24.3 Å². The van der Waals surface area contributed by atoms with Gasteiger partial charge in [0, 0.05) is 0 Å². The van der Waals surface area contributed by atoms with Crippen molar-refractivity contribution in [1.29, 1.82) is 0 Å². The van der Waals surface area contributed by atoms with Crippen LogP contribution in [0, 0.1) is 0 Å². The van der Waals surface area contributed by atoms with E-state index in [0.29, 0.717) is 5.69 Å². The van der Waals surface area contributed by atoms with Crippen LogP contribution in [-0.4, -0.2) is 14.8 Å². The number of hydrogen-bond donors (Lipinski definition) is 1. The highest BCUT2D eigenvalue weighted by atomic mass is 19.1. The molecule has 72 valence electrons. The number of H-pyrrole nitrogens is 1. The van der Waals surface area contributed by atoms with Gasteiger partial charge in [0.25, 0.3) is 0 Å². The zero-order valence-corrected chi connectivity index (χ0v) is 7.27. The zero-order chi connectivity index (χ0) is 9.97. The fraction of sp³-hybridized carbons (Fsp3) is 0.111. The smallest absolute Gasteiger partial charge is 0.246 e. The maximum atomic E-state index is 12.4. The number of alkyl halides is 1. The highest BCUT2D eigenvalue weighted by Crippen LogP contribution is 2.06. The minimum absolute atomic E-state index is 0.0844. The fourth-order valence-electron chi connectivity index (χ4n) is 1.26. The first-order valence-corrected chi connectivity index (χ1v) is 4.10. The molecule has 0 aliphatic rings. The molecule has 0 radical (unpaired) electrons. The third-order valence-electron chi connectivity index (χ3n) is 1.88. The third kappa shape index (κ3) is 1.32. The average Bonchev–Trinajstić information content (AvgIpc) is 2.61. The van der Waals surface area contributed by atoms with E-state index in [4.69, 9.17) is 0 Å². The van der Waals surface area contributed by atoms with Gasteiger partial charge in [-0.2, -0.15) is 5.10 Å². The van der Waals surface area contributed by atoms with Gasteiger partial charge in [-0.15, -0.1) is 0 Å². The molecule has 2 rings (SSSR count). The van der Waals surface area contributed by atoms with Crippen LogP contribution < -0.4 is 5.69 Å². The van der Waals surface area contributed by atoms with Crippen molar-refractivity contribution < 1.29 is 4.39 Å².